The average molecular weight is 304 g/mol. The average Bonchev–Trinajstić information content (AvgIpc) is 2.31. The van der Waals surface area contributed by atoms with Gasteiger partial charge in [-0.05, 0) is 43.5 Å². The fourth-order valence-electron chi connectivity index (χ4n) is 2.24. The lowest BCUT2D eigenvalue weighted by molar-refractivity contribution is 0.854. The zero-order chi connectivity index (χ0) is 13.3. The molecule has 1 unspecified atom stereocenters. The van der Waals surface area contributed by atoms with Gasteiger partial charge in [-0.25, -0.2) is 0 Å². The molecular weight excluding hydrogens is 286 g/mol. The van der Waals surface area contributed by atoms with Crippen molar-refractivity contribution in [3.8, 4) is 0 Å². The Bertz CT molecular complexity index is 575. The van der Waals surface area contributed by atoms with Gasteiger partial charge in [-0.15, -0.1) is 0 Å². The summed E-state index contributed by atoms with van der Waals surface area (Å²) in [6.45, 7) is 6.31. The summed E-state index contributed by atoms with van der Waals surface area (Å²) in [5.74, 6) is 0. The van der Waals surface area contributed by atoms with Crippen molar-refractivity contribution in [2.75, 3.05) is 0 Å². The molecule has 0 fully saturated rings. The molecule has 0 saturated heterocycles. The fraction of sp³-hybridized carbons (Fsp3) is 0.250. The molecule has 0 heterocycles. The van der Waals surface area contributed by atoms with E-state index in [1.165, 1.54) is 22.3 Å². The lowest BCUT2D eigenvalue weighted by Crippen LogP contribution is -2.14. The van der Waals surface area contributed by atoms with Crippen LogP contribution in [-0.2, 0) is 0 Å². The van der Waals surface area contributed by atoms with Crippen molar-refractivity contribution >= 4 is 15.9 Å². The molecule has 1 nitrogen and oxygen atoms in total. The highest BCUT2D eigenvalue weighted by atomic mass is 79.9. The summed E-state index contributed by atoms with van der Waals surface area (Å²) in [7, 11) is 0. The van der Waals surface area contributed by atoms with E-state index in [9.17, 15) is 0 Å². The third-order valence-electron chi connectivity index (χ3n) is 3.25. The van der Waals surface area contributed by atoms with Gasteiger partial charge in [0.15, 0.2) is 0 Å². The lowest BCUT2D eigenvalue weighted by Gasteiger charge is -2.18. The molecule has 0 saturated carbocycles. The first kappa shape index (κ1) is 13.3. The van der Waals surface area contributed by atoms with E-state index in [2.05, 4.69) is 73.1 Å². The van der Waals surface area contributed by atoms with Crippen molar-refractivity contribution in [2.24, 2.45) is 5.73 Å². The molecule has 0 aromatic heterocycles. The lowest BCUT2D eigenvalue weighted by atomic mass is 9.94. The maximum absolute atomic E-state index is 6.41. The minimum absolute atomic E-state index is 0.0834. The minimum Gasteiger partial charge on any atom is -0.320 e. The van der Waals surface area contributed by atoms with Crippen molar-refractivity contribution < 1.29 is 0 Å². The molecule has 2 aromatic rings. The number of hydrogen-bond donors (Lipinski definition) is 1. The SMILES string of the molecule is Cc1ccc(C(N)c2cc(C)ccc2Br)c(C)c1. The third kappa shape index (κ3) is 2.65. The van der Waals surface area contributed by atoms with Crippen molar-refractivity contribution in [1.29, 1.82) is 0 Å². The van der Waals surface area contributed by atoms with Gasteiger partial charge in [-0.2, -0.15) is 0 Å². The van der Waals surface area contributed by atoms with Crippen LogP contribution in [0, 0.1) is 20.8 Å². The van der Waals surface area contributed by atoms with Crippen LogP contribution in [0.4, 0.5) is 0 Å². The van der Waals surface area contributed by atoms with Gasteiger partial charge in [0.2, 0.25) is 0 Å². The van der Waals surface area contributed by atoms with Crippen LogP contribution in [0.15, 0.2) is 40.9 Å². The minimum atomic E-state index is -0.0834. The Morgan fingerprint density at radius 1 is 0.889 bits per heavy atom. The van der Waals surface area contributed by atoms with E-state index in [-0.39, 0.29) is 6.04 Å². The Balaban J connectivity index is 2.47. The van der Waals surface area contributed by atoms with Gasteiger partial charge in [0.05, 0.1) is 6.04 Å². The molecule has 0 bridgehead atoms. The highest BCUT2D eigenvalue weighted by Crippen LogP contribution is 2.29. The second kappa shape index (κ2) is 5.25. The van der Waals surface area contributed by atoms with Crippen LogP contribution >= 0.6 is 15.9 Å². The zero-order valence-electron chi connectivity index (χ0n) is 11.0. The van der Waals surface area contributed by atoms with E-state index >= 15 is 0 Å². The summed E-state index contributed by atoms with van der Waals surface area (Å²) >= 11 is 3.59. The van der Waals surface area contributed by atoms with E-state index < -0.39 is 0 Å². The molecule has 18 heavy (non-hydrogen) atoms. The maximum Gasteiger partial charge on any atom is 0.0565 e. The zero-order valence-corrected chi connectivity index (χ0v) is 12.6. The van der Waals surface area contributed by atoms with Gasteiger partial charge >= 0.3 is 0 Å². The van der Waals surface area contributed by atoms with E-state index in [1.54, 1.807) is 0 Å². The number of benzene rings is 2. The van der Waals surface area contributed by atoms with Crippen LogP contribution in [0.1, 0.15) is 33.9 Å². The summed E-state index contributed by atoms with van der Waals surface area (Å²) in [5, 5.41) is 0. The topological polar surface area (TPSA) is 26.0 Å². The molecule has 0 amide bonds. The first-order valence-electron chi connectivity index (χ1n) is 6.08. The smallest absolute Gasteiger partial charge is 0.0565 e. The highest BCUT2D eigenvalue weighted by Gasteiger charge is 2.14. The molecule has 0 aliphatic heterocycles. The quantitative estimate of drug-likeness (QED) is 0.873. The predicted octanol–water partition coefficient (Wildman–Crippen LogP) is 4.42. The Morgan fingerprint density at radius 2 is 1.50 bits per heavy atom. The predicted molar refractivity (Wildman–Crippen MR) is 80.8 cm³/mol. The van der Waals surface area contributed by atoms with Gasteiger partial charge in [0.1, 0.15) is 0 Å². The standard InChI is InChI=1S/C16H18BrN/c1-10-4-6-13(12(3)8-10)16(18)14-9-11(2)5-7-15(14)17/h4-9,16H,18H2,1-3H3. The van der Waals surface area contributed by atoms with Crippen molar-refractivity contribution in [1.82, 2.24) is 0 Å². The van der Waals surface area contributed by atoms with Crippen molar-refractivity contribution in [3.63, 3.8) is 0 Å². The molecule has 0 radical (unpaired) electrons. The molecule has 0 aliphatic rings. The van der Waals surface area contributed by atoms with Crippen LogP contribution in [0.5, 0.6) is 0 Å². The van der Waals surface area contributed by atoms with E-state index in [0.29, 0.717) is 0 Å². The Labute approximate surface area is 117 Å². The van der Waals surface area contributed by atoms with Gasteiger partial charge in [-0.1, -0.05) is 57.4 Å². The first-order valence-corrected chi connectivity index (χ1v) is 6.87. The van der Waals surface area contributed by atoms with Crippen LogP contribution < -0.4 is 5.73 Å². The number of halogens is 1. The molecule has 1 atom stereocenters. The van der Waals surface area contributed by atoms with Crippen LogP contribution in [0.25, 0.3) is 0 Å². The summed E-state index contributed by atoms with van der Waals surface area (Å²) in [4.78, 5) is 0. The maximum atomic E-state index is 6.41. The second-order valence-electron chi connectivity index (χ2n) is 4.86. The Morgan fingerprint density at radius 3 is 2.17 bits per heavy atom. The summed E-state index contributed by atoms with van der Waals surface area (Å²) < 4.78 is 1.07. The third-order valence-corrected chi connectivity index (χ3v) is 3.97. The monoisotopic (exact) mass is 303 g/mol. The highest BCUT2D eigenvalue weighted by molar-refractivity contribution is 9.10. The molecular formula is C16H18BrN. The largest absolute Gasteiger partial charge is 0.320 e. The Hall–Kier alpha value is -1.12. The van der Waals surface area contributed by atoms with E-state index in [0.717, 1.165) is 10.0 Å². The number of aryl methyl sites for hydroxylation is 3. The van der Waals surface area contributed by atoms with Crippen LogP contribution in [0.2, 0.25) is 0 Å². The summed E-state index contributed by atoms with van der Waals surface area (Å²) in [6, 6.07) is 12.6. The van der Waals surface area contributed by atoms with E-state index in [1.807, 2.05) is 0 Å². The van der Waals surface area contributed by atoms with Crippen molar-refractivity contribution in [2.45, 2.75) is 26.8 Å². The van der Waals surface area contributed by atoms with Gasteiger partial charge in [0.25, 0.3) is 0 Å². The second-order valence-corrected chi connectivity index (χ2v) is 5.72. The van der Waals surface area contributed by atoms with E-state index in [4.69, 9.17) is 5.73 Å². The van der Waals surface area contributed by atoms with Crippen LogP contribution in [-0.4, -0.2) is 0 Å². The molecule has 2 N–H and O–H groups in total. The molecule has 2 heteroatoms. The van der Waals surface area contributed by atoms with Crippen LogP contribution in [0.3, 0.4) is 0 Å². The number of nitrogens with two attached hydrogens (primary N) is 1. The molecule has 0 aliphatic carbocycles. The fourth-order valence-corrected chi connectivity index (χ4v) is 2.74. The number of rotatable bonds is 2. The Kier molecular flexibility index (Phi) is 3.88. The van der Waals surface area contributed by atoms with Gasteiger partial charge < -0.3 is 5.73 Å². The normalized spacial score (nSPS) is 12.5. The molecule has 94 valence electrons. The van der Waals surface area contributed by atoms with Gasteiger partial charge in [-0.3, -0.25) is 0 Å². The van der Waals surface area contributed by atoms with Gasteiger partial charge in [0, 0.05) is 4.47 Å². The summed E-state index contributed by atoms with van der Waals surface area (Å²) in [6.07, 6.45) is 0. The number of hydrogen-bond acceptors (Lipinski definition) is 1. The molecule has 0 spiro atoms. The molecule has 2 aromatic carbocycles. The molecule has 2 rings (SSSR count). The van der Waals surface area contributed by atoms with Crippen molar-refractivity contribution in [3.05, 3.63) is 68.7 Å². The summed E-state index contributed by atoms with van der Waals surface area (Å²) in [5.41, 5.74) is 12.5. The first-order chi connectivity index (χ1) is 8.49.